The Labute approximate surface area is 146 Å². The van der Waals surface area contributed by atoms with E-state index in [1.54, 1.807) is 11.3 Å². The molecule has 1 aromatic carbocycles. The number of hydrogen-bond donors (Lipinski definition) is 0. The number of nitrogens with zero attached hydrogens (tertiary/aromatic N) is 2. The summed E-state index contributed by atoms with van der Waals surface area (Å²) in [6.45, 7) is 1.28. The molecule has 1 fully saturated rings. The van der Waals surface area contributed by atoms with E-state index in [0.29, 0.717) is 13.2 Å². The second-order valence-corrected chi connectivity index (χ2v) is 7.48. The van der Waals surface area contributed by atoms with Crippen LogP contribution in [0.4, 0.5) is 0 Å². The van der Waals surface area contributed by atoms with Crippen molar-refractivity contribution in [2.24, 2.45) is 0 Å². The Kier molecular flexibility index (Phi) is 4.63. The van der Waals surface area contributed by atoms with Crippen molar-refractivity contribution in [1.82, 2.24) is 9.88 Å². The normalized spacial score (nSPS) is 23.0. The molecular formula is C19H22N2O2S. The van der Waals surface area contributed by atoms with Gasteiger partial charge in [-0.25, -0.2) is 4.98 Å². The second-order valence-electron chi connectivity index (χ2n) is 6.50. The van der Waals surface area contributed by atoms with Gasteiger partial charge in [-0.2, -0.15) is 0 Å². The molecule has 0 unspecified atom stereocenters. The molecule has 5 heteroatoms. The van der Waals surface area contributed by atoms with Gasteiger partial charge in [0.15, 0.2) is 0 Å². The lowest BCUT2D eigenvalue weighted by molar-refractivity contribution is -0.144. The number of aromatic nitrogens is 1. The van der Waals surface area contributed by atoms with E-state index in [-0.39, 0.29) is 18.1 Å². The van der Waals surface area contributed by atoms with Gasteiger partial charge in [-0.3, -0.25) is 4.79 Å². The molecule has 0 saturated carbocycles. The minimum Gasteiger partial charge on any atom is -0.368 e. The first-order valence-electron chi connectivity index (χ1n) is 8.71. The fourth-order valence-corrected chi connectivity index (χ4v) is 4.44. The summed E-state index contributed by atoms with van der Waals surface area (Å²) in [4.78, 5) is 19.6. The molecule has 1 amide bonds. The average Bonchev–Trinajstić information content (AvgIpc) is 3.32. The number of benzene rings is 1. The molecule has 4 rings (SSSR count). The Morgan fingerprint density at radius 3 is 3.00 bits per heavy atom. The summed E-state index contributed by atoms with van der Waals surface area (Å²) in [6.07, 6.45) is 6.58. The summed E-state index contributed by atoms with van der Waals surface area (Å²) in [5.41, 5.74) is 2.67. The number of thiazole rings is 1. The molecule has 1 aromatic heterocycles. The number of ether oxygens (including phenoxy) is 1. The van der Waals surface area contributed by atoms with Crippen molar-refractivity contribution in [2.75, 3.05) is 6.61 Å². The van der Waals surface area contributed by atoms with Crippen LogP contribution in [-0.2, 0) is 22.5 Å². The average molecular weight is 342 g/mol. The predicted octanol–water partition coefficient (Wildman–Crippen LogP) is 3.73. The fourth-order valence-electron chi connectivity index (χ4n) is 3.83. The maximum atomic E-state index is 13.2. The number of carbonyl (C=O) groups excluding carboxylic acids is 1. The van der Waals surface area contributed by atoms with Crippen LogP contribution < -0.4 is 0 Å². The molecule has 0 bridgehead atoms. The smallest absolute Gasteiger partial charge is 0.252 e. The Hall–Kier alpha value is -1.72. The molecular weight excluding hydrogens is 320 g/mol. The molecule has 0 N–H and O–H groups in total. The van der Waals surface area contributed by atoms with E-state index < -0.39 is 0 Å². The maximum absolute atomic E-state index is 13.2. The predicted molar refractivity (Wildman–Crippen MR) is 93.8 cm³/mol. The standard InChI is InChI=1S/C19H22N2O2S/c22-19(17-9-4-11-23-17)21(13-18-20-10-12-24-18)16-8-3-6-14-5-1-2-7-15(14)16/h1-2,5,7,10,12,16-17H,3-4,6,8-9,11,13H2/t16-,17-/m1/s1. The molecule has 1 saturated heterocycles. The van der Waals surface area contributed by atoms with Crippen LogP contribution in [0.3, 0.4) is 0 Å². The summed E-state index contributed by atoms with van der Waals surface area (Å²) in [6, 6.07) is 8.68. The first kappa shape index (κ1) is 15.8. The van der Waals surface area contributed by atoms with Crippen LogP contribution in [0, 0.1) is 0 Å². The Morgan fingerprint density at radius 2 is 2.21 bits per heavy atom. The van der Waals surface area contributed by atoms with Crippen molar-refractivity contribution in [3.63, 3.8) is 0 Å². The largest absolute Gasteiger partial charge is 0.368 e. The van der Waals surface area contributed by atoms with Gasteiger partial charge in [0.25, 0.3) is 5.91 Å². The summed E-state index contributed by atoms with van der Waals surface area (Å²) >= 11 is 1.61. The number of rotatable bonds is 4. The third-order valence-corrected chi connectivity index (χ3v) is 5.76. The topological polar surface area (TPSA) is 42.4 Å². The number of fused-ring (bicyclic) bond motifs is 1. The van der Waals surface area contributed by atoms with Gasteiger partial charge in [0, 0.05) is 18.2 Å². The van der Waals surface area contributed by atoms with E-state index in [9.17, 15) is 4.79 Å². The van der Waals surface area contributed by atoms with Gasteiger partial charge >= 0.3 is 0 Å². The van der Waals surface area contributed by atoms with E-state index in [1.807, 2.05) is 16.5 Å². The Morgan fingerprint density at radius 1 is 1.29 bits per heavy atom. The summed E-state index contributed by atoms with van der Waals surface area (Å²) in [5, 5.41) is 2.96. The zero-order chi connectivity index (χ0) is 16.4. The van der Waals surface area contributed by atoms with E-state index in [2.05, 4.69) is 29.2 Å². The van der Waals surface area contributed by atoms with E-state index in [0.717, 1.165) is 37.1 Å². The highest BCUT2D eigenvalue weighted by molar-refractivity contribution is 7.09. The highest BCUT2D eigenvalue weighted by Crippen LogP contribution is 2.36. The van der Waals surface area contributed by atoms with Gasteiger partial charge in [0.2, 0.25) is 0 Å². The molecule has 0 radical (unpaired) electrons. The molecule has 2 aliphatic rings. The molecule has 2 heterocycles. The summed E-state index contributed by atoms with van der Waals surface area (Å²) in [5.74, 6) is 0.129. The highest BCUT2D eigenvalue weighted by Gasteiger charge is 2.35. The Bertz CT molecular complexity index is 695. The summed E-state index contributed by atoms with van der Waals surface area (Å²) in [7, 11) is 0. The lowest BCUT2D eigenvalue weighted by Gasteiger charge is -2.36. The van der Waals surface area contributed by atoms with Crippen molar-refractivity contribution < 1.29 is 9.53 Å². The minimum absolute atomic E-state index is 0.129. The fraction of sp³-hybridized carbons (Fsp3) is 0.474. The molecule has 2 atom stereocenters. The monoisotopic (exact) mass is 342 g/mol. The van der Waals surface area contributed by atoms with Gasteiger partial charge in [-0.1, -0.05) is 24.3 Å². The van der Waals surface area contributed by atoms with Crippen LogP contribution in [0.2, 0.25) is 0 Å². The van der Waals surface area contributed by atoms with Crippen LogP contribution in [0.5, 0.6) is 0 Å². The minimum atomic E-state index is -0.279. The summed E-state index contributed by atoms with van der Waals surface area (Å²) < 4.78 is 5.69. The molecule has 1 aliphatic heterocycles. The lowest BCUT2D eigenvalue weighted by Crippen LogP contribution is -2.42. The maximum Gasteiger partial charge on any atom is 0.252 e. The number of hydrogen-bond acceptors (Lipinski definition) is 4. The van der Waals surface area contributed by atoms with Crippen molar-refractivity contribution in [1.29, 1.82) is 0 Å². The molecule has 4 nitrogen and oxygen atoms in total. The van der Waals surface area contributed by atoms with Crippen LogP contribution in [-0.4, -0.2) is 28.5 Å². The SMILES string of the molecule is O=C([C@H]1CCCO1)N(Cc1nccs1)[C@@H]1CCCc2ccccc21. The second kappa shape index (κ2) is 7.03. The van der Waals surface area contributed by atoms with Crippen molar-refractivity contribution in [3.8, 4) is 0 Å². The van der Waals surface area contributed by atoms with Crippen LogP contribution >= 0.6 is 11.3 Å². The number of aryl methyl sites for hydroxylation is 1. The van der Waals surface area contributed by atoms with Gasteiger partial charge in [-0.15, -0.1) is 11.3 Å². The van der Waals surface area contributed by atoms with Gasteiger partial charge in [-0.05, 0) is 43.2 Å². The zero-order valence-corrected chi connectivity index (χ0v) is 14.5. The van der Waals surface area contributed by atoms with Crippen molar-refractivity contribution >= 4 is 17.2 Å². The van der Waals surface area contributed by atoms with E-state index >= 15 is 0 Å². The third kappa shape index (κ3) is 3.10. The quantitative estimate of drug-likeness (QED) is 0.850. The van der Waals surface area contributed by atoms with Gasteiger partial charge < -0.3 is 9.64 Å². The van der Waals surface area contributed by atoms with Gasteiger partial charge in [0.05, 0.1) is 12.6 Å². The lowest BCUT2D eigenvalue weighted by atomic mass is 9.86. The number of amides is 1. The van der Waals surface area contributed by atoms with E-state index in [4.69, 9.17) is 4.74 Å². The number of carbonyl (C=O) groups is 1. The molecule has 2 aromatic rings. The highest BCUT2D eigenvalue weighted by atomic mass is 32.1. The van der Waals surface area contributed by atoms with Crippen LogP contribution in [0.15, 0.2) is 35.8 Å². The van der Waals surface area contributed by atoms with Crippen LogP contribution in [0.1, 0.15) is 47.9 Å². The first-order chi connectivity index (χ1) is 11.8. The van der Waals surface area contributed by atoms with Crippen LogP contribution in [0.25, 0.3) is 0 Å². The third-order valence-electron chi connectivity index (χ3n) is 4.99. The molecule has 1 aliphatic carbocycles. The first-order valence-corrected chi connectivity index (χ1v) is 9.59. The van der Waals surface area contributed by atoms with Crippen molar-refractivity contribution in [3.05, 3.63) is 52.0 Å². The van der Waals surface area contributed by atoms with Crippen molar-refractivity contribution in [2.45, 2.75) is 50.8 Å². The van der Waals surface area contributed by atoms with E-state index in [1.165, 1.54) is 11.1 Å². The molecule has 0 spiro atoms. The molecule has 24 heavy (non-hydrogen) atoms. The molecule has 126 valence electrons. The zero-order valence-electron chi connectivity index (χ0n) is 13.7. The van der Waals surface area contributed by atoms with Gasteiger partial charge in [0.1, 0.15) is 11.1 Å². The Balaban J connectivity index is 1.66.